The lowest BCUT2D eigenvalue weighted by atomic mass is 9.75. The molecule has 7 heteroatoms. The van der Waals surface area contributed by atoms with E-state index in [0.717, 1.165) is 17.7 Å². The topological polar surface area (TPSA) is 80.8 Å². The molecule has 3 amide bonds. The summed E-state index contributed by atoms with van der Waals surface area (Å²) in [7, 11) is 0. The van der Waals surface area contributed by atoms with Crippen molar-refractivity contribution in [3.8, 4) is 11.6 Å². The molecule has 3 heterocycles. The van der Waals surface area contributed by atoms with Crippen molar-refractivity contribution < 1.29 is 19.1 Å². The summed E-state index contributed by atoms with van der Waals surface area (Å²) in [6.07, 6.45) is 4.77. The molecular weight excluding hydrogens is 334 g/mol. The van der Waals surface area contributed by atoms with Gasteiger partial charge in [0.15, 0.2) is 0 Å². The molecule has 7 nitrogen and oxygen atoms in total. The Morgan fingerprint density at radius 2 is 2.08 bits per heavy atom. The van der Waals surface area contributed by atoms with Crippen LogP contribution in [0.3, 0.4) is 0 Å². The number of nitrogens with zero attached hydrogens (tertiary/aromatic N) is 2. The van der Waals surface area contributed by atoms with Crippen LogP contribution in [0.5, 0.6) is 11.6 Å². The fourth-order valence-corrected chi connectivity index (χ4v) is 3.74. The van der Waals surface area contributed by atoms with Gasteiger partial charge in [-0.1, -0.05) is 6.07 Å². The van der Waals surface area contributed by atoms with Crippen LogP contribution in [-0.4, -0.2) is 23.5 Å². The number of anilines is 1. The minimum Gasteiger partial charge on any atom is -0.439 e. The van der Waals surface area contributed by atoms with E-state index in [-0.39, 0.29) is 18.1 Å². The molecule has 1 saturated carbocycles. The molecule has 0 atom stereocenters. The molecule has 1 N–H and O–H groups in total. The van der Waals surface area contributed by atoms with Crippen molar-refractivity contribution in [1.82, 2.24) is 10.3 Å². The number of carbonyl (C=O) groups excluding carboxylic acids is 2. The summed E-state index contributed by atoms with van der Waals surface area (Å²) in [5, 5.41) is 2.48. The lowest BCUT2D eigenvalue weighted by molar-refractivity contribution is -0.115. The zero-order chi connectivity index (χ0) is 17.7. The van der Waals surface area contributed by atoms with Gasteiger partial charge in [0.25, 0.3) is 5.91 Å². The molecule has 0 unspecified atom stereocenters. The van der Waals surface area contributed by atoms with Crippen LogP contribution in [0.2, 0.25) is 0 Å². The molecule has 1 saturated heterocycles. The lowest BCUT2D eigenvalue weighted by Gasteiger charge is -2.38. The molecule has 26 heavy (non-hydrogen) atoms. The van der Waals surface area contributed by atoms with Crippen LogP contribution in [-0.2, 0) is 21.7 Å². The number of amides is 3. The Balaban J connectivity index is 1.37. The van der Waals surface area contributed by atoms with Crippen molar-refractivity contribution in [2.75, 3.05) is 11.4 Å². The quantitative estimate of drug-likeness (QED) is 0.860. The average Bonchev–Trinajstić information content (AvgIpc) is 3.16. The number of rotatable bonds is 3. The van der Waals surface area contributed by atoms with Gasteiger partial charge in [-0.15, -0.1) is 0 Å². The highest BCUT2D eigenvalue weighted by atomic mass is 16.5. The van der Waals surface area contributed by atoms with Gasteiger partial charge in [0.05, 0.1) is 30.6 Å². The third kappa shape index (κ3) is 2.28. The third-order valence-electron chi connectivity index (χ3n) is 5.28. The first-order valence-corrected chi connectivity index (χ1v) is 8.67. The summed E-state index contributed by atoms with van der Waals surface area (Å²) < 4.78 is 11.9. The van der Waals surface area contributed by atoms with Gasteiger partial charge in [0, 0.05) is 6.07 Å². The number of benzene rings is 1. The molecular formula is C19H17N3O4. The van der Waals surface area contributed by atoms with Gasteiger partial charge in [0.1, 0.15) is 5.75 Å². The summed E-state index contributed by atoms with van der Waals surface area (Å²) in [4.78, 5) is 28.7. The monoisotopic (exact) mass is 351 g/mol. The molecule has 1 spiro atoms. The SMILES string of the molecule is O=C1CNC(=O)N1c1ccc(Oc2ccc3c(c2)C2(CCC2)OC3)nc1. The zero-order valence-electron chi connectivity index (χ0n) is 14.0. The Bertz CT molecular complexity index is 890. The zero-order valence-corrected chi connectivity index (χ0v) is 14.0. The number of hydrogen-bond donors (Lipinski definition) is 1. The van der Waals surface area contributed by atoms with Crippen molar-refractivity contribution >= 4 is 17.6 Å². The minimum atomic E-state index is -0.435. The van der Waals surface area contributed by atoms with Crippen molar-refractivity contribution in [2.45, 2.75) is 31.5 Å². The van der Waals surface area contributed by atoms with E-state index < -0.39 is 6.03 Å². The van der Waals surface area contributed by atoms with Crippen LogP contribution in [0.1, 0.15) is 30.4 Å². The van der Waals surface area contributed by atoms with Crippen LogP contribution in [0.4, 0.5) is 10.5 Å². The molecule has 2 fully saturated rings. The summed E-state index contributed by atoms with van der Waals surface area (Å²) in [5.41, 5.74) is 2.75. The van der Waals surface area contributed by atoms with E-state index in [9.17, 15) is 9.59 Å². The van der Waals surface area contributed by atoms with Crippen molar-refractivity contribution in [1.29, 1.82) is 0 Å². The van der Waals surface area contributed by atoms with Gasteiger partial charge in [-0.25, -0.2) is 14.7 Å². The number of aromatic nitrogens is 1. The number of fused-ring (bicyclic) bond motifs is 2. The van der Waals surface area contributed by atoms with Gasteiger partial charge in [-0.2, -0.15) is 0 Å². The summed E-state index contributed by atoms with van der Waals surface area (Å²) in [6, 6.07) is 8.85. The fraction of sp³-hybridized carbons (Fsp3) is 0.316. The van der Waals surface area contributed by atoms with Gasteiger partial charge in [0.2, 0.25) is 5.88 Å². The first-order valence-electron chi connectivity index (χ1n) is 8.67. The van der Waals surface area contributed by atoms with Gasteiger partial charge in [-0.3, -0.25) is 4.79 Å². The molecule has 0 bridgehead atoms. The van der Waals surface area contributed by atoms with Crippen molar-refractivity contribution in [2.24, 2.45) is 0 Å². The van der Waals surface area contributed by atoms with E-state index in [2.05, 4.69) is 10.3 Å². The van der Waals surface area contributed by atoms with E-state index in [4.69, 9.17) is 9.47 Å². The third-order valence-corrected chi connectivity index (χ3v) is 5.28. The van der Waals surface area contributed by atoms with Crippen molar-refractivity contribution in [3.05, 3.63) is 47.7 Å². The van der Waals surface area contributed by atoms with E-state index in [1.807, 2.05) is 18.2 Å². The Labute approximate surface area is 149 Å². The second-order valence-electron chi connectivity index (χ2n) is 6.80. The predicted molar refractivity (Wildman–Crippen MR) is 92.0 cm³/mol. The largest absolute Gasteiger partial charge is 0.439 e. The highest BCUT2D eigenvalue weighted by Crippen LogP contribution is 2.51. The van der Waals surface area contributed by atoms with Gasteiger partial charge < -0.3 is 14.8 Å². The summed E-state index contributed by atoms with van der Waals surface area (Å²) in [6.45, 7) is 0.671. The fourth-order valence-electron chi connectivity index (χ4n) is 3.74. The minimum absolute atomic E-state index is 0.00995. The number of imide groups is 1. The maximum absolute atomic E-state index is 11.7. The first-order chi connectivity index (χ1) is 12.6. The normalized spacial score (nSPS) is 20.1. The van der Waals surface area contributed by atoms with Crippen molar-refractivity contribution in [3.63, 3.8) is 0 Å². The molecule has 1 aliphatic carbocycles. The van der Waals surface area contributed by atoms with Crippen LogP contribution in [0.15, 0.2) is 36.5 Å². The van der Waals surface area contributed by atoms with E-state index in [1.54, 1.807) is 12.1 Å². The molecule has 2 aliphatic heterocycles. The predicted octanol–water partition coefficient (Wildman–Crippen LogP) is 2.84. The van der Waals surface area contributed by atoms with Gasteiger partial charge in [-0.05, 0) is 48.6 Å². The molecule has 0 radical (unpaired) electrons. The summed E-state index contributed by atoms with van der Waals surface area (Å²) in [5.74, 6) is 0.813. The second-order valence-corrected chi connectivity index (χ2v) is 6.80. The Morgan fingerprint density at radius 1 is 1.19 bits per heavy atom. The Hall–Kier alpha value is -2.93. The van der Waals surface area contributed by atoms with Crippen LogP contribution < -0.4 is 15.0 Å². The number of carbonyl (C=O) groups is 2. The number of nitrogens with one attached hydrogen (secondary N) is 1. The lowest BCUT2D eigenvalue weighted by Crippen LogP contribution is -2.33. The Morgan fingerprint density at radius 3 is 2.73 bits per heavy atom. The molecule has 132 valence electrons. The first kappa shape index (κ1) is 15.3. The van der Waals surface area contributed by atoms with E-state index in [0.29, 0.717) is 23.9 Å². The molecule has 5 rings (SSSR count). The van der Waals surface area contributed by atoms with Crippen LogP contribution >= 0.6 is 0 Å². The smallest absolute Gasteiger partial charge is 0.329 e. The number of urea groups is 1. The highest BCUT2D eigenvalue weighted by molar-refractivity contribution is 6.19. The molecule has 2 aromatic rings. The highest BCUT2D eigenvalue weighted by Gasteiger charge is 2.45. The number of hydrogen-bond acceptors (Lipinski definition) is 5. The maximum atomic E-state index is 11.7. The second kappa shape index (κ2) is 5.54. The van der Waals surface area contributed by atoms with E-state index >= 15 is 0 Å². The number of pyridine rings is 1. The van der Waals surface area contributed by atoms with Crippen LogP contribution in [0, 0.1) is 0 Å². The Kier molecular flexibility index (Phi) is 3.27. The average molecular weight is 351 g/mol. The van der Waals surface area contributed by atoms with E-state index in [1.165, 1.54) is 23.7 Å². The molecule has 1 aromatic heterocycles. The number of ether oxygens (including phenoxy) is 2. The molecule has 1 aromatic carbocycles. The summed E-state index contributed by atoms with van der Waals surface area (Å²) >= 11 is 0. The standard InChI is InChI=1S/C19H17N3O4/c23-17-10-21-18(24)22(17)13-3-5-16(20-9-13)26-14-4-2-12-11-25-19(6-1-7-19)15(12)8-14/h2-5,8-9H,1,6-7,10-11H2,(H,21,24). The molecule has 3 aliphatic rings. The maximum Gasteiger partial charge on any atom is 0.329 e. The van der Waals surface area contributed by atoms with Gasteiger partial charge >= 0.3 is 6.03 Å². The van der Waals surface area contributed by atoms with Crippen LogP contribution in [0.25, 0.3) is 0 Å².